The van der Waals surface area contributed by atoms with Crippen LogP contribution in [0.15, 0.2) is 48.5 Å². The summed E-state index contributed by atoms with van der Waals surface area (Å²) in [5, 5.41) is 9.50. The van der Waals surface area contributed by atoms with E-state index in [9.17, 15) is 5.26 Å². The molecule has 0 aliphatic heterocycles. The van der Waals surface area contributed by atoms with Gasteiger partial charge in [0.05, 0.1) is 23.2 Å². The SMILES string of the molecule is CCCCOc1cccc(/C=C(/C#N)c2nc3ccccc3[nH]2)c1. The first-order chi connectivity index (χ1) is 11.8. The number of rotatable bonds is 6. The molecule has 0 saturated heterocycles. The number of aromatic amines is 1. The minimum Gasteiger partial charge on any atom is -0.494 e. The third kappa shape index (κ3) is 3.64. The monoisotopic (exact) mass is 317 g/mol. The van der Waals surface area contributed by atoms with Crippen molar-refractivity contribution in [2.24, 2.45) is 0 Å². The van der Waals surface area contributed by atoms with Crippen molar-refractivity contribution in [3.05, 3.63) is 59.9 Å². The number of fused-ring (bicyclic) bond motifs is 1. The number of nitrogens with zero attached hydrogens (tertiary/aromatic N) is 2. The van der Waals surface area contributed by atoms with Gasteiger partial charge in [-0.15, -0.1) is 0 Å². The fourth-order valence-electron chi connectivity index (χ4n) is 2.43. The maximum absolute atomic E-state index is 9.50. The third-order valence-corrected chi connectivity index (χ3v) is 3.70. The summed E-state index contributed by atoms with van der Waals surface area (Å²) in [6.07, 6.45) is 3.96. The molecule has 3 aromatic rings. The van der Waals surface area contributed by atoms with E-state index >= 15 is 0 Å². The summed E-state index contributed by atoms with van der Waals surface area (Å²) in [5.74, 6) is 1.40. The Balaban J connectivity index is 1.87. The second kappa shape index (κ2) is 7.47. The van der Waals surface area contributed by atoms with Crippen LogP contribution < -0.4 is 4.74 Å². The number of nitriles is 1. The van der Waals surface area contributed by atoms with Gasteiger partial charge in [0.25, 0.3) is 0 Å². The molecule has 0 fully saturated rings. The molecule has 0 aliphatic carbocycles. The lowest BCUT2D eigenvalue weighted by atomic mass is 10.1. The number of unbranched alkanes of at least 4 members (excludes halogenated alkanes) is 1. The molecule has 4 heteroatoms. The van der Waals surface area contributed by atoms with Crippen molar-refractivity contribution in [3.63, 3.8) is 0 Å². The van der Waals surface area contributed by atoms with Gasteiger partial charge in [-0.2, -0.15) is 5.26 Å². The first-order valence-electron chi connectivity index (χ1n) is 8.10. The molecule has 24 heavy (non-hydrogen) atoms. The van der Waals surface area contributed by atoms with Gasteiger partial charge in [0.15, 0.2) is 0 Å². The Bertz CT molecular complexity index is 869. The smallest absolute Gasteiger partial charge is 0.149 e. The van der Waals surface area contributed by atoms with Crippen LogP contribution >= 0.6 is 0 Å². The average Bonchev–Trinajstić information content (AvgIpc) is 3.04. The molecular formula is C20H19N3O. The van der Waals surface area contributed by atoms with Gasteiger partial charge in [0, 0.05) is 0 Å². The zero-order chi connectivity index (χ0) is 16.8. The van der Waals surface area contributed by atoms with Crippen molar-refractivity contribution in [2.45, 2.75) is 19.8 Å². The molecule has 4 nitrogen and oxygen atoms in total. The molecule has 120 valence electrons. The predicted molar refractivity (Wildman–Crippen MR) is 96.4 cm³/mol. The van der Waals surface area contributed by atoms with E-state index in [1.165, 1.54) is 0 Å². The van der Waals surface area contributed by atoms with E-state index in [2.05, 4.69) is 23.0 Å². The minimum absolute atomic E-state index is 0.497. The van der Waals surface area contributed by atoms with E-state index in [0.29, 0.717) is 18.0 Å². The molecule has 3 rings (SSSR count). The maximum atomic E-state index is 9.50. The van der Waals surface area contributed by atoms with Crippen molar-refractivity contribution in [1.82, 2.24) is 9.97 Å². The van der Waals surface area contributed by atoms with Crippen LogP contribution in [0.1, 0.15) is 31.2 Å². The molecule has 2 aromatic carbocycles. The lowest BCUT2D eigenvalue weighted by molar-refractivity contribution is 0.309. The Kier molecular flexibility index (Phi) is 4.93. The topological polar surface area (TPSA) is 61.7 Å². The van der Waals surface area contributed by atoms with Crippen LogP contribution in [-0.4, -0.2) is 16.6 Å². The predicted octanol–water partition coefficient (Wildman–Crippen LogP) is 4.81. The molecule has 0 atom stereocenters. The summed E-state index contributed by atoms with van der Waals surface area (Å²) in [4.78, 5) is 7.68. The van der Waals surface area contributed by atoms with Gasteiger partial charge in [-0.25, -0.2) is 4.98 Å². The quantitative estimate of drug-likeness (QED) is 0.524. The molecule has 0 bridgehead atoms. The van der Waals surface area contributed by atoms with Gasteiger partial charge in [0.2, 0.25) is 0 Å². The number of allylic oxidation sites excluding steroid dienone is 1. The molecule has 1 N–H and O–H groups in total. The van der Waals surface area contributed by atoms with Crippen molar-refractivity contribution < 1.29 is 4.74 Å². The highest BCUT2D eigenvalue weighted by Crippen LogP contribution is 2.21. The first kappa shape index (κ1) is 15.8. The minimum atomic E-state index is 0.497. The molecule has 0 amide bonds. The van der Waals surface area contributed by atoms with E-state index in [1.807, 2.05) is 54.6 Å². The number of hydrogen-bond acceptors (Lipinski definition) is 3. The van der Waals surface area contributed by atoms with Gasteiger partial charge in [0.1, 0.15) is 17.6 Å². The standard InChI is InChI=1S/C20H19N3O/c1-2-3-11-24-17-8-6-7-15(13-17)12-16(14-21)20-22-18-9-4-5-10-19(18)23-20/h4-10,12-13H,2-3,11H2,1H3,(H,22,23)/b16-12-. The zero-order valence-electron chi connectivity index (χ0n) is 13.6. The average molecular weight is 317 g/mol. The highest BCUT2D eigenvalue weighted by atomic mass is 16.5. The Labute approximate surface area is 141 Å². The van der Waals surface area contributed by atoms with E-state index in [4.69, 9.17) is 4.74 Å². The van der Waals surface area contributed by atoms with Crippen LogP contribution in [0.3, 0.4) is 0 Å². The Morgan fingerprint density at radius 1 is 1.25 bits per heavy atom. The molecular weight excluding hydrogens is 298 g/mol. The lowest BCUT2D eigenvalue weighted by Crippen LogP contribution is -1.96. The first-order valence-corrected chi connectivity index (χ1v) is 8.10. The van der Waals surface area contributed by atoms with Crippen molar-refractivity contribution in [3.8, 4) is 11.8 Å². The summed E-state index contributed by atoms with van der Waals surface area (Å²) >= 11 is 0. The fourth-order valence-corrected chi connectivity index (χ4v) is 2.43. The summed E-state index contributed by atoms with van der Waals surface area (Å²) in [7, 11) is 0. The van der Waals surface area contributed by atoms with Crippen LogP contribution in [0.25, 0.3) is 22.7 Å². The normalized spacial score (nSPS) is 11.4. The van der Waals surface area contributed by atoms with Gasteiger partial charge in [-0.1, -0.05) is 37.6 Å². The molecule has 1 heterocycles. The highest BCUT2D eigenvalue weighted by Gasteiger charge is 2.07. The number of ether oxygens (including phenoxy) is 1. The van der Waals surface area contributed by atoms with E-state index in [-0.39, 0.29) is 0 Å². The molecule has 0 saturated carbocycles. The second-order valence-corrected chi connectivity index (χ2v) is 5.55. The second-order valence-electron chi connectivity index (χ2n) is 5.55. The van der Waals surface area contributed by atoms with Crippen LogP contribution in [0.5, 0.6) is 5.75 Å². The fraction of sp³-hybridized carbons (Fsp3) is 0.200. The Morgan fingerprint density at radius 3 is 2.92 bits per heavy atom. The third-order valence-electron chi connectivity index (χ3n) is 3.70. The number of hydrogen-bond donors (Lipinski definition) is 1. The van der Waals surface area contributed by atoms with Gasteiger partial charge in [-0.05, 0) is 42.3 Å². The molecule has 0 spiro atoms. The van der Waals surface area contributed by atoms with Crippen molar-refractivity contribution >= 4 is 22.7 Å². The molecule has 0 aliphatic rings. The number of aromatic nitrogens is 2. The maximum Gasteiger partial charge on any atom is 0.149 e. The molecule has 0 unspecified atom stereocenters. The van der Waals surface area contributed by atoms with E-state index < -0.39 is 0 Å². The largest absolute Gasteiger partial charge is 0.494 e. The van der Waals surface area contributed by atoms with Gasteiger partial charge in [-0.3, -0.25) is 0 Å². The summed E-state index contributed by atoms with van der Waals surface area (Å²) in [6, 6.07) is 17.7. The van der Waals surface area contributed by atoms with Crippen LogP contribution in [0.4, 0.5) is 0 Å². The zero-order valence-corrected chi connectivity index (χ0v) is 13.6. The van der Waals surface area contributed by atoms with Crippen molar-refractivity contribution in [2.75, 3.05) is 6.61 Å². The number of imidazole rings is 1. The number of para-hydroxylation sites is 2. The van der Waals surface area contributed by atoms with E-state index in [0.717, 1.165) is 35.2 Å². The van der Waals surface area contributed by atoms with Gasteiger partial charge >= 0.3 is 0 Å². The summed E-state index contributed by atoms with van der Waals surface area (Å²) < 4.78 is 5.72. The Hall–Kier alpha value is -3.06. The van der Waals surface area contributed by atoms with Crippen LogP contribution in [-0.2, 0) is 0 Å². The van der Waals surface area contributed by atoms with Crippen LogP contribution in [0.2, 0.25) is 0 Å². The molecule has 0 radical (unpaired) electrons. The number of H-pyrrole nitrogens is 1. The summed E-state index contributed by atoms with van der Waals surface area (Å²) in [6.45, 7) is 2.84. The molecule has 1 aromatic heterocycles. The van der Waals surface area contributed by atoms with Gasteiger partial charge < -0.3 is 9.72 Å². The number of benzene rings is 2. The Morgan fingerprint density at radius 2 is 2.12 bits per heavy atom. The van der Waals surface area contributed by atoms with Crippen molar-refractivity contribution in [1.29, 1.82) is 5.26 Å². The highest BCUT2D eigenvalue weighted by molar-refractivity contribution is 5.90. The number of nitrogens with one attached hydrogen (secondary N) is 1. The lowest BCUT2D eigenvalue weighted by Gasteiger charge is -2.05. The van der Waals surface area contributed by atoms with Crippen LogP contribution in [0, 0.1) is 11.3 Å². The van der Waals surface area contributed by atoms with E-state index in [1.54, 1.807) is 0 Å². The summed E-state index contributed by atoms with van der Waals surface area (Å²) in [5.41, 5.74) is 3.19.